The zero-order chi connectivity index (χ0) is 25.8. The maximum atomic E-state index is 6.21. The van der Waals surface area contributed by atoms with Crippen molar-refractivity contribution in [2.75, 3.05) is 5.32 Å². The van der Waals surface area contributed by atoms with E-state index in [0.717, 1.165) is 33.3 Å². The molecule has 1 aromatic heterocycles. The van der Waals surface area contributed by atoms with Gasteiger partial charge >= 0.3 is 0 Å². The maximum Gasteiger partial charge on any atom is 0.137 e. The summed E-state index contributed by atoms with van der Waals surface area (Å²) in [5.74, 6) is 0. The van der Waals surface area contributed by atoms with Gasteiger partial charge in [0.15, 0.2) is 0 Å². The topological polar surface area (TPSA) is 25.2 Å². The Bertz CT molecular complexity index is 1950. The molecule has 1 heterocycles. The van der Waals surface area contributed by atoms with Gasteiger partial charge in [0.05, 0.1) is 5.41 Å². The van der Waals surface area contributed by atoms with Crippen LogP contribution in [0.15, 0.2) is 150 Å². The molecule has 0 amide bonds. The van der Waals surface area contributed by atoms with Crippen LogP contribution in [0.3, 0.4) is 0 Å². The summed E-state index contributed by atoms with van der Waals surface area (Å²) in [5.41, 5.74) is 11.0. The van der Waals surface area contributed by atoms with E-state index in [1.807, 2.05) is 12.1 Å². The fourth-order valence-corrected chi connectivity index (χ4v) is 6.57. The largest absolute Gasteiger partial charge is 0.456 e. The lowest BCUT2D eigenvalue weighted by atomic mass is 9.67. The molecule has 0 bridgehead atoms. The van der Waals surface area contributed by atoms with Crippen LogP contribution in [0.25, 0.3) is 33.1 Å². The van der Waals surface area contributed by atoms with Crippen molar-refractivity contribution in [1.29, 1.82) is 0 Å². The van der Waals surface area contributed by atoms with E-state index >= 15 is 0 Å². The zero-order valence-electron chi connectivity index (χ0n) is 21.3. The highest BCUT2D eigenvalue weighted by Gasteiger charge is 2.47. The molecule has 0 saturated heterocycles. The molecular formula is C37H25NO. The van der Waals surface area contributed by atoms with E-state index in [-0.39, 0.29) is 0 Å². The van der Waals surface area contributed by atoms with Gasteiger partial charge in [-0.2, -0.15) is 0 Å². The Labute approximate surface area is 227 Å². The standard InChI is InChI=1S/C37H25NO/c1-3-12-25(13-4-1)37(26-14-5-2-6-15-26)32-19-9-7-16-28(32)31-18-11-20-33(36(31)37)38-27-22-23-30-29-17-8-10-21-34(29)39-35(30)24-27/h1-24,38H. The number of para-hydroxylation sites is 1. The minimum absolute atomic E-state index is 0.457. The van der Waals surface area contributed by atoms with Crippen LogP contribution in [0.5, 0.6) is 0 Å². The molecule has 2 heteroatoms. The molecule has 39 heavy (non-hydrogen) atoms. The van der Waals surface area contributed by atoms with Gasteiger partial charge in [-0.1, -0.05) is 115 Å². The third-order valence-electron chi connectivity index (χ3n) is 8.13. The Balaban J connectivity index is 1.38. The molecule has 8 rings (SSSR count). The number of rotatable bonds is 4. The summed E-state index contributed by atoms with van der Waals surface area (Å²) in [6.07, 6.45) is 0. The molecule has 0 saturated carbocycles. The molecule has 0 aliphatic heterocycles. The van der Waals surface area contributed by atoms with E-state index in [2.05, 4.69) is 139 Å². The molecule has 1 N–H and O–H groups in total. The summed E-state index contributed by atoms with van der Waals surface area (Å²) in [5, 5.41) is 6.08. The molecule has 0 fully saturated rings. The molecule has 0 unspecified atom stereocenters. The fraction of sp³-hybridized carbons (Fsp3) is 0.0270. The number of anilines is 2. The summed E-state index contributed by atoms with van der Waals surface area (Å²) >= 11 is 0. The lowest BCUT2D eigenvalue weighted by molar-refractivity contribution is 0.669. The fourth-order valence-electron chi connectivity index (χ4n) is 6.57. The van der Waals surface area contributed by atoms with E-state index in [1.54, 1.807) is 0 Å². The molecule has 2 nitrogen and oxygen atoms in total. The number of furan rings is 1. The van der Waals surface area contributed by atoms with Crippen LogP contribution >= 0.6 is 0 Å². The summed E-state index contributed by atoms with van der Waals surface area (Å²) in [7, 11) is 0. The van der Waals surface area contributed by atoms with Gasteiger partial charge in [0.1, 0.15) is 11.2 Å². The van der Waals surface area contributed by atoms with Crippen molar-refractivity contribution in [2.45, 2.75) is 5.41 Å². The Morgan fingerprint density at radius 2 is 1.13 bits per heavy atom. The van der Waals surface area contributed by atoms with Gasteiger partial charge in [-0.25, -0.2) is 0 Å². The van der Waals surface area contributed by atoms with Gasteiger partial charge < -0.3 is 9.73 Å². The van der Waals surface area contributed by atoms with E-state index in [9.17, 15) is 0 Å². The summed E-state index contributed by atoms with van der Waals surface area (Å²) in [6, 6.07) is 51.9. The minimum Gasteiger partial charge on any atom is -0.456 e. The third-order valence-corrected chi connectivity index (χ3v) is 8.13. The van der Waals surface area contributed by atoms with Crippen molar-refractivity contribution in [3.8, 4) is 11.1 Å². The van der Waals surface area contributed by atoms with Crippen molar-refractivity contribution >= 4 is 33.3 Å². The van der Waals surface area contributed by atoms with Crippen LogP contribution in [0, 0.1) is 0 Å². The van der Waals surface area contributed by atoms with E-state index in [1.165, 1.54) is 33.4 Å². The van der Waals surface area contributed by atoms with E-state index < -0.39 is 5.41 Å². The molecule has 6 aromatic carbocycles. The monoisotopic (exact) mass is 499 g/mol. The number of nitrogens with one attached hydrogen (secondary N) is 1. The highest BCUT2D eigenvalue weighted by Crippen LogP contribution is 2.58. The Hall–Kier alpha value is -5.08. The summed E-state index contributed by atoms with van der Waals surface area (Å²) in [4.78, 5) is 0. The second-order valence-corrected chi connectivity index (χ2v) is 10.2. The van der Waals surface area contributed by atoms with Crippen LogP contribution < -0.4 is 5.32 Å². The van der Waals surface area contributed by atoms with Crippen molar-refractivity contribution in [2.24, 2.45) is 0 Å². The van der Waals surface area contributed by atoms with Gasteiger partial charge in [-0.05, 0) is 52.1 Å². The lowest BCUT2D eigenvalue weighted by Gasteiger charge is -2.35. The summed E-state index contributed by atoms with van der Waals surface area (Å²) in [6.45, 7) is 0. The van der Waals surface area contributed by atoms with Crippen molar-refractivity contribution in [3.05, 3.63) is 168 Å². The smallest absolute Gasteiger partial charge is 0.137 e. The zero-order valence-corrected chi connectivity index (χ0v) is 21.3. The second-order valence-electron chi connectivity index (χ2n) is 10.2. The van der Waals surface area contributed by atoms with Crippen LogP contribution in [0.2, 0.25) is 0 Å². The number of hydrogen-bond donors (Lipinski definition) is 1. The Kier molecular flexibility index (Phi) is 4.77. The predicted octanol–water partition coefficient (Wildman–Crippen LogP) is 9.69. The first kappa shape index (κ1) is 22.0. The molecule has 0 spiro atoms. The SMILES string of the molecule is c1ccc(C2(c3ccccc3)c3ccccc3-c3cccc(Nc4ccc5c(c4)oc4ccccc45)c32)cc1. The molecule has 7 aromatic rings. The Morgan fingerprint density at radius 3 is 1.92 bits per heavy atom. The molecule has 1 aliphatic rings. The van der Waals surface area contributed by atoms with Gasteiger partial charge in [0, 0.05) is 33.8 Å². The van der Waals surface area contributed by atoms with Crippen LogP contribution in [-0.4, -0.2) is 0 Å². The second kappa shape index (κ2) is 8.47. The average Bonchev–Trinajstić information content (AvgIpc) is 3.52. The quantitative estimate of drug-likeness (QED) is 0.261. The van der Waals surface area contributed by atoms with Crippen molar-refractivity contribution in [3.63, 3.8) is 0 Å². The number of fused-ring (bicyclic) bond motifs is 6. The highest BCUT2D eigenvalue weighted by atomic mass is 16.3. The van der Waals surface area contributed by atoms with Crippen molar-refractivity contribution in [1.82, 2.24) is 0 Å². The van der Waals surface area contributed by atoms with Crippen LogP contribution in [0.4, 0.5) is 11.4 Å². The first-order chi connectivity index (χ1) is 19.3. The first-order valence-corrected chi connectivity index (χ1v) is 13.4. The number of hydrogen-bond acceptors (Lipinski definition) is 2. The van der Waals surface area contributed by atoms with Gasteiger partial charge in [0.2, 0.25) is 0 Å². The van der Waals surface area contributed by atoms with Gasteiger partial charge in [-0.3, -0.25) is 0 Å². The molecule has 184 valence electrons. The average molecular weight is 500 g/mol. The van der Waals surface area contributed by atoms with Crippen LogP contribution in [0.1, 0.15) is 22.3 Å². The van der Waals surface area contributed by atoms with E-state index in [0.29, 0.717) is 0 Å². The van der Waals surface area contributed by atoms with Crippen molar-refractivity contribution < 1.29 is 4.42 Å². The predicted molar refractivity (Wildman–Crippen MR) is 161 cm³/mol. The van der Waals surface area contributed by atoms with Crippen LogP contribution in [-0.2, 0) is 5.41 Å². The van der Waals surface area contributed by atoms with E-state index in [4.69, 9.17) is 4.42 Å². The molecule has 0 atom stereocenters. The minimum atomic E-state index is -0.457. The van der Waals surface area contributed by atoms with Gasteiger partial charge in [-0.15, -0.1) is 0 Å². The normalized spacial score (nSPS) is 13.3. The summed E-state index contributed by atoms with van der Waals surface area (Å²) < 4.78 is 6.21. The first-order valence-electron chi connectivity index (χ1n) is 13.4. The van der Waals surface area contributed by atoms with Gasteiger partial charge in [0.25, 0.3) is 0 Å². The third kappa shape index (κ3) is 3.15. The molecular weight excluding hydrogens is 474 g/mol. The lowest BCUT2D eigenvalue weighted by Crippen LogP contribution is -2.29. The highest BCUT2D eigenvalue weighted by molar-refractivity contribution is 6.06. The Morgan fingerprint density at radius 1 is 0.487 bits per heavy atom. The number of benzene rings is 6. The maximum absolute atomic E-state index is 6.21. The molecule has 1 aliphatic carbocycles. The molecule has 0 radical (unpaired) electrons.